The lowest BCUT2D eigenvalue weighted by Crippen LogP contribution is -2.61. The van der Waals surface area contributed by atoms with Crippen molar-refractivity contribution in [1.82, 2.24) is 4.90 Å². The highest BCUT2D eigenvalue weighted by Crippen LogP contribution is 2.57. The number of halogens is 2. The first-order valence-electron chi connectivity index (χ1n) is 8.81. The van der Waals surface area contributed by atoms with E-state index in [1.165, 1.54) is 0 Å². The average molecular weight is 394 g/mol. The van der Waals surface area contributed by atoms with Crippen LogP contribution in [0.4, 0.5) is 0 Å². The number of hydrogen-bond donors (Lipinski definition) is 0. The summed E-state index contributed by atoms with van der Waals surface area (Å²) >= 11 is 12.3. The fourth-order valence-corrected chi connectivity index (χ4v) is 5.63. The number of nitrogens with zero attached hydrogens (tertiary/aromatic N) is 1. The van der Waals surface area contributed by atoms with Crippen LogP contribution in [0.3, 0.4) is 0 Å². The second-order valence-corrected chi connectivity index (χ2v) is 8.28. The maximum Gasteiger partial charge on any atom is 0.332 e. The van der Waals surface area contributed by atoms with Crippen molar-refractivity contribution in [2.45, 2.75) is 43.1 Å². The summed E-state index contributed by atoms with van der Waals surface area (Å²) in [6.07, 6.45) is 4.15. The number of piperidine rings is 1. The first-order chi connectivity index (χ1) is 12.5. The molecule has 4 aliphatic heterocycles. The molecule has 6 atom stereocenters. The summed E-state index contributed by atoms with van der Waals surface area (Å²) < 4.78 is 11.5. The summed E-state index contributed by atoms with van der Waals surface area (Å²) in [5.41, 5.74) is 0.280. The molecule has 0 aliphatic carbocycles. The van der Waals surface area contributed by atoms with Crippen molar-refractivity contribution in [2.75, 3.05) is 6.54 Å². The lowest BCUT2D eigenvalue weighted by Gasteiger charge is -2.46. The van der Waals surface area contributed by atoms with Gasteiger partial charge in [0.05, 0.1) is 10.0 Å². The Morgan fingerprint density at radius 2 is 1.92 bits per heavy atom. The van der Waals surface area contributed by atoms with Crippen LogP contribution in [0.5, 0.6) is 0 Å². The highest BCUT2D eigenvalue weighted by atomic mass is 35.5. The predicted octanol–water partition coefficient (Wildman–Crippen LogP) is 3.30. The highest BCUT2D eigenvalue weighted by Gasteiger charge is 2.66. The van der Waals surface area contributed by atoms with Crippen LogP contribution >= 0.6 is 23.2 Å². The van der Waals surface area contributed by atoms with Gasteiger partial charge in [0.1, 0.15) is 0 Å². The van der Waals surface area contributed by atoms with Crippen LogP contribution in [0.25, 0.3) is 0 Å². The zero-order valence-corrected chi connectivity index (χ0v) is 15.4. The number of esters is 2. The van der Waals surface area contributed by atoms with E-state index < -0.39 is 23.8 Å². The Bertz CT molecular complexity index is 841. The monoisotopic (exact) mass is 393 g/mol. The van der Waals surface area contributed by atoms with Gasteiger partial charge in [-0.1, -0.05) is 29.3 Å². The van der Waals surface area contributed by atoms with Crippen molar-refractivity contribution < 1.29 is 19.1 Å². The third-order valence-electron chi connectivity index (χ3n) is 6.34. The van der Waals surface area contributed by atoms with Gasteiger partial charge in [0, 0.05) is 37.1 Å². The van der Waals surface area contributed by atoms with Gasteiger partial charge in [-0.25, -0.2) is 9.59 Å². The Morgan fingerprint density at radius 3 is 2.73 bits per heavy atom. The van der Waals surface area contributed by atoms with Gasteiger partial charge in [-0.2, -0.15) is 0 Å². The molecule has 26 heavy (non-hydrogen) atoms. The standard InChI is InChI=1S/C19H17Cl2NO4/c20-13-2-1-10(7-14(13)21)12-9-22-15-5-6-19(22)16(8-11(12)15)25-17(23)3-4-18(24)26-19/h1-4,7,11-12,15-16H,5-6,8-9H2/b4-3+. The molecule has 0 N–H and O–H groups in total. The molecule has 6 unspecified atom stereocenters. The second kappa shape index (κ2) is 5.72. The number of benzene rings is 1. The molecular formula is C19H17Cl2NO4. The summed E-state index contributed by atoms with van der Waals surface area (Å²) in [5, 5.41) is 1.07. The summed E-state index contributed by atoms with van der Waals surface area (Å²) in [6, 6.07) is 6.07. The number of carbonyl (C=O) groups is 2. The van der Waals surface area contributed by atoms with Gasteiger partial charge in [-0.3, -0.25) is 4.90 Å². The minimum Gasteiger partial charge on any atom is -0.453 e. The van der Waals surface area contributed by atoms with Gasteiger partial charge in [0.2, 0.25) is 5.72 Å². The molecule has 136 valence electrons. The molecule has 0 aromatic heterocycles. The molecule has 3 fully saturated rings. The first-order valence-corrected chi connectivity index (χ1v) is 9.57. The maximum atomic E-state index is 12.2. The molecule has 5 nitrogen and oxygen atoms in total. The number of rotatable bonds is 1. The SMILES string of the molecule is O=C1/C=C/C(=O)OC23CCC4C(CC2O1)C(c1ccc(Cl)c(Cl)c1)CN43. The fourth-order valence-electron chi connectivity index (χ4n) is 5.32. The van der Waals surface area contributed by atoms with E-state index in [1.807, 2.05) is 18.2 Å². The van der Waals surface area contributed by atoms with Crippen LogP contribution < -0.4 is 0 Å². The Labute approximate surface area is 160 Å². The zero-order valence-electron chi connectivity index (χ0n) is 13.9. The lowest BCUT2D eigenvalue weighted by molar-refractivity contribution is -0.222. The minimum absolute atomic E-state index is 0.241. The molecule has 3 saturated heterocycles. The molecule has 4 aliphatic rings. The van der Waals surface area contributed by atoms with Crippen molar-refractivity contribution in [3.63, 3.8) is 0 Å². The van der Waals surface area contributed by atoms with Gasteiger partial charge >= 0.3 is 11.9 Å². The summed E-state index contributed by atoms with van der Waals surface area (Å²) in [6.45, 7) is 0.748. The third kappa shape index (κ3) is 2.27. The number of ether oxygens (including phenoxy) is 2. The van der Waals surface area contributed by atoms with Crippen LogP contribution in [0.15, 0.2) is 30.4 Å². The second-order valence-electron chi connectivity index (χ2n) is 7.46. The van der Waals surface area contributed by atoms with Crippen LogP contribution in [0, 0.1) is 5.92 Å². The van der Waals surface area contributed by atoms with Gasteiger partial charge in [-0.05, 0) is 36.5 Å². The fraction of sp³-hybridized carbons (Fsp3) is 0.474. The number of carbonyl (C=O) groups excluding carboxylic acids is 2. The van der Waals surface area contributed by atoms with Crippen molar-refractivity contribution in [1.29, 1.82) is 0 Å². The molecule has 4 bridgehead atoms. The van der Waals surface area contributed by atoms with E-state index >= 15 is 0 Å². The van der Waals surface area contributed by atoms with Gasteiger partial charge < -0.3 is 9.47 Å². The summed E-state index contributed by atoms with van der Waals surface area (Å²) in [4.78, 5) is 26.4. The molecule has 5 rings (SSSR count). The highest BCUT2D eigenvalue weighted by molar-refractivity contribution is 6.42. The van der Waals surface area contributed by atoms with E-state index in [0.717, 1.165) is 30.7 Å². The van der Waals surface area contributed by atoms with E-state index in [1.54, 1.807) is 0 Å². The molecule has 1 aromatic rings. The van der Waals surface area contributed by atoms with E-state index in [4.69, 9.17) is 32.7 Å². The molecule has 0 radical (unpaired) electrons. The Kier molecular flexibility index (Phi) is 3.65. The van der Waals surface area contributed by atoms with Crippen LogP contribution in [-0.2, 0) is 19.1 Å². The van der Waals surface area contributed by atoms with Gasteiger partial charge in [0.25, 0.3) is 0 Å². The Morgan fingerprint density at radius 1 is 1.12 bits per heavy atom. The van der Waals surface area contributed by atoms with E-state index in [9.17, 15) is 9.59 Å². The van der Waals surface area contributed by atoms with Crippen LogP contribution in [-0.4, -0.2) is 41.3 Å². The first kappa shape index (κ1) is 16.6. The third-order valence-corrected chi connectivity index (χ3v) is 7.08. The molecule has 1 aromatic carbocycles. The Hall–Kier alpha value is -1.56. The average Bonchev–Trinajstić information content (AvgIpc) is 3.05. The molecule has 0 saturated carbocycles. The topological polar surface area (TPSA) is 55.8 Å². The van der Waals surface area contributed by atoms with Crippen molar-refractivity contribution >= 4 is 35.1 Å². The van der Waals surface area contributed by atoms with Crippen molar-refractivity contribution in [2.24, 2.45) is 5.92 Å². The smallest absolute Gasteiger partial charge is 0.332 e. The lowest BCUT2D eigenvalue weighted by atomic mass is 9.81. The van der Waals surface area contributed by atoms with Crippen molar-refractivity contribution in [3.05, 3.63) is 46.0 Å². The largest absolute Gasteiger partial charge is 0.453 e. The zero-order chi connectivity index (χ0) is 18.1. The molecule has 0 amide bonds. The minimum atomic E-state index is -0.844. The van der Waals surface area contributed by atoms with E-state index in [2.05, 4.69) is 4.90 Å². The maximum absolute atomic E-state index is 12.2. The summed E-state index contributed by atoms with van der Waals surface area (Å²) in [7, 11) is 0. The molecular weight excluding hydrogens is 377 g/mol. The summed E-state index contributed by atoms with van der Waals surface area (Å²) in [5.74, 6) is -0.403. The van der Waals surface area contributed by atoms with Crippen LogP contribution in [0.1, 0.15) is 30.7 Å². The van der Waals surface area contributed by atoms with E-state index in [-0.39, 0.29) is 5.92 Å². The van der Waals surface area contributed by atoms with Gasteiger partial charge in [0.15, 0.2) is 6.10 Å². The van der Waals surface area contributed by atoms with Crippen molar-refractivity contribution in [3.8, 4) is 0 Å². The molecule has 1 spiro atoms. The van der Waals surface area contributed by atoms with Gasteiger partial charge in [-0.15, -0.1) is 0 Å². The van der Waals surface area contributed by atoms with E-state index in [0.29, 0.717) is 34.8 Å². The number of hydrogen-bond acceptors (Lipinski definition) is 5. The van der Waals surface area contributed by atoms with Crippen LogP contribution in [0.2, 0.25) is 10.0 Å². The molecule has 7 heteroatoms. The Balaban J connectivity index is 1.54. The quantitative estimate of drug-likeness (QED) is 0.685. The predicted molar refractivity (Wildman–Crippen MR) is 94.9 cm³/mol. The molecule has 4 heterocycles. The normalized spacial score (nSPS) is 41.7.